The van der Waals surface area contributed by atoms with Crippen LogP contribution in [0, 0.1) is 5.92 Å². The van der Waals surface area contributed by atoms with Crippen molar-refractivity contribution in [3.05, 3.63) is 24.5 Å². The van der Waals surface area contributed by atoms with Gasteiger partial charge in [-0.25, -0.2) is 0 Å². The Morgan fingerprint density at radius 1 is 1.37 bits per heavy atom. The fraction of sp³-hybridized carbons (Fsp3) is 0.643. The zero-order valence-electron chi connectivity index (χ0n) is 11.8. The number of nitrogens with one attached hydrogen (secondary N) is 2. The molecule has 0 radical (unpaired) electrons. The minimum Gasteiger partial charge on any atom is -0.355 e. The second-order valence-corrected chi connectivity index (χ2v) is 4.96. The van der Waals surface area contributed by atoms with Gasteiger partial charge in [0, 0.05) is 38.6 Å². The number of hydrogen-bond acceptors (Lipinski definition) is 1. The third kappa shape index (κ3) is 5.42. The molecule has 1 aliphatic carbocycles. The van der Waals surface area contributed by atoms with E-state index >= 15 is 0 Å². The van der Waals surface area contributed by atoms with E-state index in [1.165, 1.54) is 19.3 Å². The minimum absolute atomic E-state index is 0. The molecular formula is C14H25IN4. The summed E-state index contributed by atoms with van der Waals surface area (Å²) >= 11 is 0. The molecule has 0 amide bonds. The van der Waals surface area contributed by atoms with Gasteiger partial charge in [-0.2, -0.15) is 0 Å². The van der Waals surface area contributed by atoms with Crippen LogP contribution in [-0.2, 0) is 6.54 Å². The lowest BCUT2D eigenvalue weighted by Gasteiger charge is -2.12. The van der Waals surface area contributed by atoms with E-state index in [0.29, 0.717) is 6.04 Å². The van der Waals surface area contributed by atoms with Crippen LogP contribution in [-0.4, -0.2) is 30.2 Å². The van der Waals surface area contributed by atoms with E-state index in [2.05, 4.69) is 39.5 Å². The van der Waals surface area contributed by atoms with Crippen molar-refractivity contribution in [1.82, 2.24) is 15.2 Å². The maximum atomic E-state index is 4.27. The second-order valence-electron chi connectivity index (χ2n) is 4.96. The summed E-state index contributed by atoms with van der Waals surface area (Å²) in [4.78, 5) is 4.27. The molecule has 108 valence electrons. The van der Waals surface area contributed by atoms with Gasteiger partial charge in [0.1, 0.15) is 0 Å². The predicted molar refractivity (Wildman–Crippen MR) is 91.1 cm³/mol. The highest BCUT2D eigenvalue weighted by Crippen LogP contribution is 2.34. The molecule has 0 aromatic carbocycles. The van der Waals surface area contributed by atoms with Crippen LogP contribution in [0.4, 0.5) is 0 Å². The van der Waals surface area contributed by atoms with Gasteiger partial charge in [-0.3, -0.25) is 4.99 Å². The topological polar surface area (TPSA) is 41.4 Å². The molecule has 1 aliphatic rings. The molecule has 2 N–H and O–H groups in total. The van der Waals surface area contributed by atoms with E-state index in [1.54, 1.807) is 0 Å². The lowest BCUT2D eigenvalue weighted by molar-refractivity contribution is 0.640. The van der Waals surface area contributed by atoms with E-state index in [-0.39, 0.29) is 24.0 Å². The summed E-state index contributed by atoms with van der Waals surface area (Å²) in [6, 6.07) is 4.74. The Balaban J connectivity index is 0.00000180. The summed E-state index contributed by atoms with van der Waals surface area (Å²) in [5.41, 5.74) is 0. The lowest BCUT2D eigenvalue weighted by Crippen LogP contribution is -2.40. The van der Waals surface area contributed by atoms with Crippen molar-refractivity contribution in [2.45, 2.75) is 38.8 Å². The van der Waals surface area contributed by atoms with Gasteiger partial charge in [0.05, 0.1) is 0 Å². The molecule has 2 rings (SSSR count). The van der Waals surface area contributed by atoms with Gasteiger partial charge in [0.25, 0.3) is 0 Å². The second kappa shape index (κ2) is 8.45. The molecule has 0 aliphatic heterocycles. The Labute approximate surface area is 133 Å². The van der Waals surface area contributed by atoms with Crippen molar-refractivity contribution in [1.29, 1.82) is 0 Å². The van der Waals surface area contributed by atoms with E-state index in [1.807, 2.05) is 19.2 Å². The fourth-order valence-electron chi connectivity index (χ4n) is 2.31. The summed E-state index contributed by atoms with van der Waals surface area (Å²) < 4.78 is 2.16. The maximum absolute atomic E-state index is 4.27. The highest BCUT2D eigenvalue weighted by Gasteiger charge is 2.36. The minimum atomic E-state index is 0. The SMILES string of the molecule is CCCC1CC1NC(=NC)NCCn1cccc1.I. The molecule has 1 saturated carbocycles. The standard InChI is InChI=1S/C14H24N4.HI/c1-3-6-12-11-13(12)17-14(15-2)16-7-10-18-8-4-5-9-18;/h4-5,8-9,12-13H,3,6-7,10-11H2,1-2H3,(H2,15,16,17);1H. The van der Waals surface area contributed by atoms with Gasteiger partial charge in [-0.15, -0.1) is 24.0 Å². The van der Waals surface area contributed by atoms with Crippen molar-refractivity contribution in [3.63, 3.8) is 0 Å². The van der Waals surface area contributed by atoms with Gasteiger partial charge in [-0.05, 0) is 30.9 Å². The number of guanidine groups is 1. The van der Waals surface area contributed by atoms with Crippen LogP contribution < -0.4 is 10.6 Å². The Hall–Kier alpha value is -0.720. The van der Waals surface area contributed by atoms with Gasteiger partial charge in [-0.1, -0.05) is 13.3 Å². The molecule has 1 aromatic rings. The largest absolute Gasteiger partial charge is 0.355 e. The summed E-state index contributed by atoms with van der Waals surface area (Å²) in [5, 5.41) is 6.84. The summed E-state index contributed by atoms with van der Waals surface area (Å²) in [7, 11) is 1.84. The molecule has 1 heterocycles. The fourth-order valence-corrected chi connectivity index (χ4v) is 2.31. The molecule has 4 nitrogen and oxygen atoms in total. The van der Waals surface area contributed by atoms with Crippen molar-refractivity contribution >= 4 is 29.9 Å². The monoisotopic (exact) mass is 376 g/mol. The zero-order chi connectivity index (χ0) is 12.8. The number of aromatic nitrogens is 1. The first-order valence-electron chi connectivity index (χ1n) is 6.91. The lowest BCUT2D eigenvalue weighted by atomic mass is 10.2. The third-order valence-corrected chi connectivity index (χ3v) is 3.46. The Kier molecular flexibility index (Phi) is 7.27. The van der Waals surface area contributed by atoms with E-state index in [9.17, 15) is 0 Å². The number of rotatable bonds is 6. The van der Waals surface area contributed by atoms with Crippen LogP contribution in [0.1, 0.15) is 26.2 Å². The summed E-state index contributed by atoms with van der Waals surface area (Å²) in [5.74, 6) is 1.80. The maximum Gasteiger partial charge on any atom is 0.191 e. The first-order valence-corrected chi connectivity index (χ1v) is 6.91. The number of hydrogen-bond donors (Lipinski definition) is 2. The van der Waals surface area contributed by atoms with Crippen LogP contribution in [0.3, 0.4) is 0 Å². The Bertz CT molecular complexity index is 375. The molecule has 0 saturated heterocycles. The normalized spacial score (nSPS) is 21.7. The highest BCUT2D eigenvalue weighted by atomic mass is 127. The molecule has 5 heteroatoms. The number of nitrogens with zero attached hydrogens (tertiary/aromatic N) is 2. The van der Waals surface area contributed by atoms with Crippen LogP contribution in [0.25, 0.3) is 0 Å². The van der Waals surface area contributed by atoms with Crippen molar-refractivity contribution in [2.24, 2.45) is 10.9 Å². The van der Waals surface area contributed by atoms with Crippen molar-refractivity contribution in [2.75, 3.05) is 13.6 Å². The molecule has 0 spiro atoms. The van der Waals surface area contributed by atoms with Crippen LogP contribution in [0.2, 0.25) is 0 Å². The zero-order valence-corrected chi connectivity index (χ0v) is 14.1. The van der Waals surface area contributed by atoms with Crippen LogP contribution in [0.15, 0.2) is 29.5 Å². The third-order valence-electron chi connectivity index (χ3n) is 3.46. The molecule has 1 fully saturated rings. The molecular weight excluding hydrogens is 351 g/mol. The highest BCUT2D eigenvalue weighted by molar-refractivity contribution is 14.0. The van der Waals surface area contributed by atoms with E-state index < -0.39 is 0 Å². The molecule has 1 aromatic heterocycles. The molecule has 0 bridgehead atoms. The molecule has 19 heavy (non-hydrogen) atoms. The Morgan fingerprint density at radius 3 is 2.74 bits per heavy atom. The van der Waals surface area contributed by atoms with E-state index in [4.69, 9.17) is 0 Å². The number of halogens is 1. The summed E-state index contributed by atoms with van der Waals surface area (Å²) in [6.07, 6.45) is 8.07. The Morgan fingerprint density at radius 2 is 2.11 bits per heavy atom. The molecule has 2 atom stereocenters. The smallest absolute Gasteiger partial charge is 0.191 e. The average Bonchev–Trinajstić information content (AvgIpc) is 2.90. The van der Waals surface area contributed by atoms with Crippen LogP contribution in [0.5, 0.6) is 0 Å². The first-order chi connectivity index (χ1) is 8.83. The van der Waals surface area contributed by atoms with Gasteiger partial charge in [0.2, 0.25) is 0 Å². The van der Waals surface area contributed by atoms with Crippen molar-refractivity contribution in [3.8, 4) is 0 Å². The first kappa shape index (κ1) is 16.3. The predicted octanol–water partition coefficient (Wildman–Crippen LogP) is 2.46. The number of aliphatic imine (C=N–C) groups is 1. The van der Waals surface area contributed by atoms with Gasteiger partial charge < -0.3 is 15.2 Å². The summed E-state index contributed by atoms with van der Waals surface area (Å²) in [6.45, 7) is 4.12. The van der Waals surface area contributed by atoms with Gasteiger partial charge in [0.15, 0.2) is 5.96 Å². The van der Waals surface area contributed by atoms with Crippen LogP contribution >= 0.6 is 24.0 Å². The van der Waals surface area contributed by atoms with E-state index in [0.717, 1.165) is 25.0 Å². The molecule has 2 unspecified atom stereocenters. The van der Waals surface area contributed by atoms with Crippen molar-refractivity contribution < 1.29 is 0 Å². The quantitative estimate of drug-likeness (QED) is 0.455. The average molecular weight is 376 g/mol. The van der Waals surface area contributed by atoms with Gasteiger partial charge >= 0.3 is 0 Å².